The first kappa shape index (κ1) is 16.2. The maximum Gasteiger partial charge on any atom is 0.273 e. The van der Waals surface area contributed by atoms with Crippen LogP contribution in [0, 0.1) is 22.1 Å². The van der Waals surface area contributed by atoms with Gasteiger partial charge in [-0.1, -0.05) is 12.6 Å². The normalized spacial score (nSPS) is 10.8. The molecule has 118 valence electrons. The third kappa shape index (κ3) is 3.32. The van der Waals surface area contributed by atoms with Gasteiger partial charge in [0.2, 0.25) is 0 Å². The highest BCUT2D eigenvalue weighted by Crippen LogP contribution is 2.34. The molecule has 0 amide bonds. The maximum atomic E-state index is 14.3. The van der Waals surface area contributed by atoms with Gasteiger partial charge in [0.25, 0.3) is 11.1 Å². The Morgan fingerprint density at radius 2 is 1.96 bits per heavy atom. The smallest absolute Gasteiger partial charge is 0.273 e. The molecule has 3 aromatic rings. The van der Waals surface area contributed by atoms with E-state index in [9.17, 15) is 8.78 Å². The SMILES string of the molecule is Cc1cc(I)ccc1Nc1c(-c2nnc(S)o2)ccc(F)c1F. The number of hydrogen-bond acceptors (Lipinski definition) is 5. The molecule has 0 saturated carbocycles. The third-order valence-electron chi connectivity index (χ3n) is 3.19. The summed E-state index contributed by atoms with van der Waals surface area (Å²) in [6.45, 7) is 1.87. The van der Waals surface area contributed by atoms with Crippen molar-refractivity contribution < 1.29 is 13.2 Å². The molecule has 1 N–H and O–H groups in total. The number of aryl methyl sites for hydroxylation is 1. The van der Waals surface area contributed by atoms with Gasteiger partial charge in [-0.05, 0) is 65.4 Å². The van der Waals surface area contributed by atoms with Gasteiger partial charge in [0.1, 0.15) is 0 Å². The number of anilines is 2. The highest BCUT2D eigenvalue weighted by Gasteiger charge is 2.19. The van der Waals surface area contributed by atoms with E-state index < -0.39 is 11.6 Å². The molecule has 0 spiro atoms. The highest BCUT2D eigenvalue weighted by molar-refractivity contribution is 14.1. The average Bonchev–Trinajstić information content (AvgIpc) is 2.93. The number of nitrogens with zero attached hydrogens (tertiary/aromatic N) is 2. The van der Waals surface area contributed by atoms with Crippen LogP contribution in [-0.4, -0.2) is 10.2 Å². The van der Waals surface area contributed by atoms with Crippen molar-refractivity contribution in [2.24, 2.45) is 0 Å². The fourth-order valence-corrected chi connectivity index (χ4v) is 2.86. The van der Waals surface area contributed by atoms with Crippen molar-refractivity contribution in [3.8, 4) is 11.5 Å². The van der Waals surface area contributed by atoms with E-state index in [1.165, 1.54) is 6.07 Å². The van der Waals surface area contributed by atoms with Crippen molar-refractivity contribution in [1.82, 2.24) is 10.2 Å². The number of benzene rings is 2. The lowest BCUT2D eigenvalue weighted by Gasteiger charge is -2.14. The minimum Gasteiger partial charge on any atom is -0.411 e. The molecule has 0 atom stereocenters. The minimum absolute atomic E-state index is 0.0427. The Morgan fingerprint density at radius 3 is 2.61 bits per heavy atom. The van der Waals surface area contributed by atoms with Gasteiger partial charge in [-0.25, -0.2) is 8.78 Å². The summed E-state index contributed by atoms with van der Waals surface area (Å²) < 4.78 is 34.2. The quantitative estimate of drug-likeness (QED) is 0.442. The van der Waals surface area contributed by atoms with E-state index in [2.05, 4.69) is 50.7 Å². The molecular formula is C15H10F2IN3OS. The summed E-state index contributed by atoms with van der Waals surface area (Å²) in [6.07, 6.45) is 0. The zero-order valence-corrected chi connectivity index (χ0v) is 14.8. The van der Waals surface area contributed by atoms with Crippen LogP contribution < -0.4 is 5.32 Å². The molecule has 4 nitrogen and oxygen atoms in total. The number of aromatic nitrogens is 2. The van der Waals surface area contributed by atoms with Gasteiger partial charge in [-0.15, -0.1) is 10.2 Å². The topological polar surface area (TPSA) is 51.0 Å². The fraction of sp³-hybridized carbons (Fsp3) is 0.0667. The summed E-state index contributed by atoms with van der Waals surface area (Å²) in [5, 5.41) is 10.4. The molecule has 0 unspecified atom stereocenters. The summed E-state index contributed by atoms with van der Waals surface area (Å²) in [5.41, 5.74) is 1.75. The first-order valence-corrected chi connectivity index (χ1v) is 8.02. The lowest BCUT2D eigenvalue weighted by molar-refractivity contribution is 0.467. The Balaban J connectivity index is 2.11. The number of hydrogen-bond donors (Lipinski definition) is 2. The maximum absolute atomic E-state index is 14.3. The Hall–Kier alpha value is -1.68. The van der Waals surface area contributed by atoms with Gasteiger partial charge >= 0.3 is 0 Å². The highest BCUT2D eigenvalue weighted by atomic mass is 127. The Kier molecular flexibility index (Phi) is 4.53. The lowest BCUT2D eigenvalue weighted by atomic mass is 10.1. The molecule has 1 heterocycles. The van der Waals surface area contributed by atoms with Crippen LogP contribution >= 0.6 is 35.2 Å². The molecule has 23 heavy (non-hydrogen) atoms. The van der Waals surface area contributed by atoms with Crippen LogP contribution in [0.4, 0.5) is 20.2 Å². The van der Waals surface area contributed by atoms with E-state index >= 15 is 0 Å². The van der Waals surface area contributed by atoms with Crippen molar-refractivity contribution in [2.75, 3.05) is 5.32 Å². The van der Waals surface area contributed by atoms with Crippen molar-refractivity contribution in [3.63, 3.8) is 0 Å². The summed E-state index contributed by atoms with van der Waals surface area (Å²) in [6, 6.07) is 7.98. The molecule has 0 bridgehead atoms. The summed E-state index contributed by atoms with van der Waals surface area (Å²) in [4.78, 5) is 0. The molecule has 0 aliphatic heterocycles. The van der Waals surface area contributed by atoms with Crippen LogP contribution in [-0.2, 0) is 0 Å². The minimum atomic E-state index is -1.01. The fourth-order valence-electron chi connectivity index (χ4n) is 2.08. The van der Waals surface area contributed by atoms with Gasteiger partial charge in [0, 0.05) is 9.26 Å². The van der Waals surface area contributed by atoms with E-state index in [-0.39, 0.29) is 22.4 Å². The van der Waals surface area contributed by atoms with Crippen LogP contribution in [0.3, 0.4) is 0 Å². The molecule has 0 fully saturated rings. The van der Waals surface area contributed by atoms with E-state index in [1.54, 1.807) is 6.07 Å². The van der Waals surface area contributed by atoms with E-state index in [4.69, 9.17) is 4.42 Å². The Morgan fingerprint density at radius 1 is 1.17 bits per heavy atom. The predicted octanol–water partition coefficient (Wildman–Crippen LogP) is 4.96. The van der Waals surface area contributed by atoms with Gasteiger partial charge in [0.05, 0.1) is 11.3 Å². The van der Waals surface area contributed by atoms with Crippen molar-refractivity contribution in [1.29, 1.82) is 0 Å². The van der Waals surface area contributed by atoms with Gasteiger partial charge < -0.3 is 9.73 Å². The number of halogens is 3. The average molecular weight is 445 g/mol. The molecule has 0 aliphatic rings. The molecule has 3 rings (SSSR count). The summed E-state index contributed by atoms with van der Waals surface area (Å²) >= 11 is 6.11. The predicted molar refractivity (Wildman–Crippen MR) is 94.1 cm³/mol. The standard InChI is InChI=1S/C15H10F2IN3OS/c1-7-6-8(18)2-5-11(7)19-13-9(3-4-10(16)12(13)17)14-20-21-15(23)22-14/h2-6,19H,1H3,(H,21,23). The largest absolute Gasteiger partial charge is 0.411 e. The molecular weight excluding hydrogens is 435 g/mol. The third-order valence-corrected chi connectivity index (χ3v) is 4.04. The van der Waals surface area contributed by atoms with Gasteiger partial charge in [0.15, 0.2) is 11.6 Å². The molecule has 8 heteroatoms. The second-order valence-electron chi connectivity index (χ2n) is 4.76. The van der Waals surface area contributed by atoms with E-state index in [0.29, 0.717) is 5.69 Å². The van der Waals surface area contributed by atoms with Crippen molar-refractivity contribution in [3.05, 3.63) is 51.1 Å². The second kappa shape index (κ2) is 6.44. The van der Waals surface area contributed by atoms with Crippen LogP contribution in [0.1, 0.15) is 5.56 Å². The number of rotatable bonds is 3. The monoisotopic (exact) mass is 445 g/mol. The van der Waals surface area contributed by atoms with Gasteiger partial charge in [-0.3, -0.25) is 0 Å². The van der Waals surface area contributed by atoms with E-state index in [0.717, 1.165) is 15.2 Å². The van der Waals surface area contributed by atoms with Gasteiger partial charge in [-0.2, -0.15) is 0 Å². The zero-order valence-electron chi connectivity index (χ0n) is 11.8. The molecule has 0 saturated heterocycles. The Bertz CT molecular complexity index is 885. The van der Waals surface area contributed by atoms with E-state index in [1.807, 2.05) is 19.1 Å². The molecule has 0 radical (unpaired) electrons. The second-order valence-corrected chi connectivity index (χ2v) is 6.39. The summed E-state index contributed by atoms with van der Waals surface area (Å²) in [7, 11) is 0. The molecule has 0 aliphatic carbocycles. The van der Waals surface area contributed by atoms with Crippen molar-refractivity contribution in [2.45, 2.75) is 12.1 Å². The number of nitrogens with one attached hydrogen (secondary N) is 1. The van der Waals surface area contributed by atoms with Crippen LogP contribution in [0.15, 0.2) is 40.0 Å². The number of thiol groups is 1. The van der Waals surface area contributed by atoms with Crippen LogP contribution in [0.2, 0.25) is 0 Å². The molecule has 1 aromatic heterocycles. The first-order valence-electron chi connectivity index (χ1n) is 6.49. The first-order chi connectivity index (χ1) is 11.0. The van der Waals surface area contributed by atoms with Crippen molar-refractivity contribution >= 4 is 46.6 Å². The Labute approximate surface area is 149 Å². The molecule has 2 aromatic carbocycles. The zero-order chi connectivity index (χ0) is 16.6. The lowest BCUT2D eigenvalue weighted by Crippen LogP contribution is -2.01. The van der Waals surface area contributed by atoms with Crippen LogP contribution in [0.5, 0.6) is 0 Å². The summed E-state index contributed by atoms with van der Waals surface area (Å²) in [5.74, 6) is -1.93. The van der Waals surface area contributed by atoms with Crippen LogP contribution in [0.25, 0.3) is 11.5 Å².